The van der Waals surface area contributed by atoms with Crippen LogP contribution in [0, 0.1) is 12.8 Å². The molecular formula is C25H28N4O3S. The minimum atomic E-state index is -3.60. The lowest BCUT2D eigenvalue weighted by atomic mass is 9.95. The van der Waals surface area contributed by atoms with Crippen molar-refractivity contribution in [2.45, 2.75) is 37.8 Å². The van der Waals surface area contributed by atoms with Gasteiger partial charge in [0.05, 0.1) is 0 Å². The lowest BCUT2D eigenvalue weighted by Gasteiger charge is -2.34. The molecule has 1 aliphatic rings. The Labute approximate surface area is 195 Å². The average molecular weight is 465 g/mol. The minimum absolute atomic E-state index is 0.0560. The molecule has 3 aromatic rings. The summed E-state index contributed by atoms with van der Waals surface area (Å²) in [6.07, 6.45) is 7.40. The molecule has 4 rings (SSSR count). The van der Waals surface area contributed by atoms with Crippen molar-refractivity contribution in [3.63, 3.8) is 0 Å². The van der Waals surface area contributed by atoms with Gasteiger partial charge in [-0.05, 0) is 54.7 Å². The molecule has 0 N–H and O–H groups in total. The summed E-state index contributed by atoms with van der Waals surface area (Å²) in [5.41, 5.74) is 3.21. The third kappa shape index (κ3) is 5.46. The Balaban J connectivity index is 1.48. The van der Waals surface area contributed by atoms with Gasteiger partial charge in [0.2, 0.25) is 15.9 Å². The number of hydrogen-bond acceptors (Lipinski definition) is 5. The molecule has 172 valence electrons. The van der Waals surface area contributed by atoms with Crippen molar-refractivity contribution < 1.29 is 13.2 Å². The van der Waals surface area contributed by atoms with Crippen LogP contribution in [0.1, 0.15) is 29.5 Å². The number of benzene rings is 1. The van der Waals surface area contributed by atoms with E-state index < -0.39 is 10.0 Å². The van der Waals surface area contributed by atoms with Gasteiger partial charge in [0.15, 0.2) is 0 Å². The number of sulfonamides is 1. The molecule has 2 aromatic heterocycles. The van der Waals surface area contributed by atoms with Crippen LogP contribution in [0.5, 0.6) is 0 Å². The monoisotopic (exact) mass is 464 g/mol. The van der Waals surface area contributed by atoms with Gasteiger partial charge in [0.1, 0.15) is 4.90 Å². The van der Waals surface area contributed by atoms with E-state index in [-0.39, 0.29) is 16.7 Å². The number of rotatable bonds is 7. The second-order valence-corrected chi connectivity index (χ2v) is 10.3. The molecule has 0 aliphatic carbocycles. The average Bonchev–Trinajstić information content (AvgIpc) is 2.86. The quantitative estimate of drug-likeness (QED) is 0.535. The molecule has 0 atom stereocenters. The molecule has 33 heavy (non-hydrogen) atoms. The first-order valence-corrected chi connectivity index (χ1v) is 12.5. The summed E-state index contributed by atoms with van der Waals surface area (Å²) in [7, 11) is -3.60. The van der Waals surface area contributed by atoms with Crippen molar-refractivity contribution >= 4 is 15.9 Å². The van der Waals surface area contributed by atoms with Crippen LogP contribution in [-0.4, -0.2) is 46.6 Å². The summed E-state index contributed by atoms with van der Waals surface area (Å²) < 4.78 is 27.3. The molecule has 0 bridgehead atoms. The molecule has 7 nitrogen and oxygen atoms in total. The Hall–Kier alpha value is -3.10. The molecule has 8 heteroatoms. The van der Waals surface area contributed by atoms with Crippen LogP contribution in [0.15, 0.2) is 78.2 Å². The lowest BCUT2D eigenvalue weighted by molar-refractivity contribution is -0.138. The molecular weight excluding hydrogens is 436 g/mol. The number of carbonyl (C=O) groups is 1. The summed E-state index contributed by atoms with van der Waals surface area (Å²) in [6.45, 7) is 3.66. The van der Waals surface area contributed by atoms with E-state index in [9.17, 15) is 13.2 Å². The van der Waals surface area contributed by atoms with Gasteiger partial charge in [0, 0.05) is 56.9 Å². The predicted molar refractivity (Wildman–Crippen MR) is 125 cm³/mol. The summed E-state index contributed by atoms with van der Waals surface area (Å²) in [6, 6.07) is 15.1. The van der Waals surface area contributed by atoms with Crippen molar-refractivity contribution in [2.75, 3.05) is 13.1 Å². The van der Waals surface area contributed by atoms with Crippen molar-refractivity contribution in [3.05, 3.63) is 90.0 Å². The predicted octanol–water partition coefficient (Wildman–Crippen LogP) is 3.41. The fourth-order valence-corrected chi connectivity index (χ4v) is 5.60. The number of hydrogen-bond donors (Lipinski definition) is 0. The largest absolute Gasteiger partial charge is 0.334 e. The van der Waals surface area contributed by atoms with Crippen molar-refractivity contribution in [1.82, 2.24) is 19.2 Å². The van der Waals surface area contributed by atoms with Crippen LogP contribution in [0.25, 0.3) is 0 Å². The maximum Gasteiger partial charge on any atom is 0.244 e. The zero-order chi connectivity index (χ0) is 23.3. The Kier molecular flexibility index (Phi) is 7.15. The van der Waals surface area contributed by atoms with Crippen molar-refractivity contribution in [3.8, 4) is 0 Å². The molecule has 1 amide bonds. The molecule has 0 unspecified atom stereocenters. The van der Waals surface area contributed by atoms with Gasteiger partial charge in [-0.3, -0.25) is 14.8 Å². The normalized spacial score (nSPS) is 15.3. The highest BCUT2D eigenvalue weighted by atomic mass is 32.2. The molecule has 1 aromatic carbocycles. The third-order valence-corrected chi connectivity index (χ3v) is 7.99. The molecule has 3 heterocycles. The lowest BCUT2D eigenvalue weighted by Crippen LogP contribution is -2.44. The van der Waals surface area contributed by atoms with E-state index in [1.165, 1.54) is 10.5 Å². The fourth-order valence-electron chi connectivity index (χ4n) is 4.17. The topological polar surface area (TPSA) is 83.5 Å². The van der Waals surface area contributed by atoms with E-state index in [1.807, 2.05) is 48.2 Å². The smallest absolute Gasteiger partial charge is 0.244 e. The Morgan fingerprint density at radius 2 is 1.67 bits per heavy atom. The molecule has 0 spiro atoms. The second kappa shape index (κ2) is 10.2. The first-order chi connectivity index (χ1) is 15.9. The zero-order valence-electron chi connectivity index (χ0n) is 18.7. The number of aromatic nitrogens is 2. The van der Waals surface area contributed by atoms with Crippen LogP contribution in [0.4, 0.5) is 0 Å². The van der Waals surface area contributed by atoms with E-state index >= 15 is 0 Å². The van der Waals surface area contributed by atoms with Crippen LogP contribution in [0.2, 0.25) is 0 Å². The maximum absolute atomic E-state index is 13.6. The first kappa shape index (κ1) is 23.1. The molecule has 1 saturated heterocycles. The molecule has 0 radical (unpaired) electrons. The van der Waals surface area contributed by atoms with E-state index in [0.29, 0.717) is 39.0 Å². The molecule has 1 aliphatic heterocycles. The van der Waals surface area contributed by atoms with E-state index in [4.69, 9.17) is 0 Å². The zero-order valence-corrected chi connectivity index (χ0v) is 19.5. The SMILES string of the molecule is Cc1ccccc1CN(Cc1cccnc1)C(=O)C1CCN(S(=O)(=O)c2cccnc2)CC1. The number of pyridine rings is 2. The Morgan fingerprint density at radius 3 is 2.30 bits per heavy atom. The molecule has 0 saturated carbocycles. The van der Waals surface area contributed by atoms with Crippen LogP contribution < -0.4 is 0 Å². The summed E-state index contributed by atoms with van der Waals surface area (Å²) >= 11 is 0. The summed E-state index contributed by atoms with van der Waals surface area (Å²) in [4.78, 5) is 23.7. The maximum atomic E-state index is 13.6. The number of carbonyl (C=O) groups excluding carboxylic acids is 1. The van der Waals surface area contributed by atoms with Gasteiger partial charge >= 0.3 is 0 Å². The fraction of sp³-hybridized carbons (Fsp3) is 0.320. The number of amides is 1. The first-order valence-electron chi connectivity index (χ1n) is 11.1. The second-order valence-electron chi connectivity index (χ2n) is 8.35. The summed E-state index contributed by atoms with van der Waals surface area (Å²) in [5, 5.41) is 0. The van der Waals surface area contributed by atoms with Crippen LogP contribution >= 0.6 is 0 Å². The highest BCUT2D eigenvalue weighted by Crippen LogP contribution is 2.26. The van der Waals surface area contributed by atoms with Gasteiger partial charge in [-0.2, -0.15) is 4.31 Å². The van der Waals surface area contributed by atoms with E-state index in [0.717, 1.165) is 16.7 Å². The highest BCUT2D eigenvalue weighted by Gasteiger charge is 2.34. The van der Waals surface area contributed by atoms with Crippen LogP contribution in [0.3, 0.4) is 0 Å². The van der Waals surface area contributed by atoms with Gasteiger partial charge in [0.25, 0.3) is 0 Å². The van der Waals surface area contributed by atoms with Crippen LogP contribution in [-0.2, 0) is 27.9 Å². The van der Waals surface area contributed by atoms with Gasteiger partial charge in [-0.25, -0.2) is 8.42 Å². The standard InChI is InChI=1S/C25H28N4O3S/c1-20-6-2-3-8-23(20)19-28(18-21-7-4-12-26-16-21)25(30)22-10-14-29(15-11-22)33(31,32)24-9-5-13-27-17-24/h2-9,12-13,16-17,22H,10-11,14-15,18-19H2,1H3. The molecule has 1 fully saturated rings. The number of piperidine rings is 1. The third-order valence-electron chi connectivity index (χ3n) is 6.11. The van der Waals surface area contributed by atoms with Gasteiger partial charge in [-0.15, -0.1) is 0 Å². The van der Waals surface area contributed by atoms with Crippen molar-refractivity contribution in [1.29, 1.82) is 0 Å². The van der Waals surface area contributed by atoms with Gasteiger partial charge < -0.3 is 4.90 Å². The Morgan fingerprint density at radius 1 is 0.970 bits per heavy atom. The number of nitrogens with zero attached hydrogens (tertiary/aromatic N) is 4. The number of aryl methyl sites for hydroxylation is 1. The van der Waals surface area contributed by atoms with Crippen molar-refractivity contribution in [2.24, 2.45) is 5.92 Å². The van der Waals surface area contributed by atoms with E-state index in [2.05, 4.69) is 9.97 Å². The minimum Gasteiger partial charge on any atom is -0.334 e. The van der Waals surface area contributed by atoms with Gasteiger partial charge in [-0.1, -0.05) is 30.3 Å². The Bertz CT molecular complexity index is 1180. The summed E-state index contributed by atoms with van der Waals surface area (Å²) in [5.74, 6) is -0.161. The van der Waals surface area contributed by atoms with E-state index in [1.54, 1.807) is 30.7 Å². The highest BCUT2D eigenvalue weighted by molar-refractivity contribution is 7.89.